The third-order valence-corrected chi connectivity index (χ3v) is 2.36. The van der Waals surface area contributed by atoms with Crippen LogP contribution in [0.5, 0.6) is 0 Å². The van der Waals surface area contributed by atoms with E-state index in [1.165, 1.54) is 0 Å². The topological polar surface area (TPSA) is 79.8 Å². The van der Waals surface area contributed by atoms with Crippen molar-refractivity contribution in [3.8, 4) is 6.07 Å². The molecule has 0 atom stereocenters. The van der Waals surface area contributed by atoms with Crippen LogP contribution in [-0.2, 0) is 0 Å². The summed E-state index contributed by atoms with van der Waals surface area (Å²) in [7, 11) is 0. The van der Waals surface area contributed by atoms with E-state index in [2.05, 4.69) is 20.9 Å². The summed E-state index contributed by atoms with van der Waals surface area (Å²) in [6.07, 6.45) is -2.40. The Bertz CT molecular complexity index is 458. The highest BCUT2D eigenvalue weighted by Gasteiger charge is 2.27. The Morgan fingerprint density at radius 1 is 1.67 bits per heavy atom. The number of rotatable bonds is 2. The summed E-state index contributed by atoms with van der Waals surface area (Å²) >= 11 is 2.69. The Morgan fingerprint density at radius 3 is 2.67 bits per heavy atom. The number of aromatic nitrogens is 1. The molecule has 0 amide bonds. The number of hydrogen-bond donors (Lipinski definition) is 0. The Hall–Kier alpha value is -1.62. The molecule has 0 saturated heterocycles. The van der Waals surface area contributed by atoms with Gasteiger partial charge in [-0.2, -0.15) is 5.26 Å². The highest BCUT2D eigenvalue weighted by Crippen LogP contribution is 2.35. The van der Waals surface area contributed by atoms with Crippen molar-refractivity contribution < 1.29 is 13.7 Å². The minimum Gasteiger partial charge on any atom is -0.258 e. The molecule has 0 fully saturated rings. The van der Waals surface area contributed by atoms with Crippen molar-refractivity contribution in [1.82, 2.24) is 4.98 Å². The zero-order valence-corrected chi connectivity index (χ0v) is 8.53. The van der Waals surface area contributed by atoms with E-state index in [-0.39, 0.29) is 10.2 Å². The van der Waals surface area contributed by atoms with E-state index >= 15 is 0 Å². The second kappa shape index (κ2) is 4.27. The van der Waals surface area contributed by atoms with Crippen LogP contribution in [0.4, 0.5) is 14.5 Å². The van der Waals surface area contributed by atoms with E-state index in [9.17, 15) is 18.9 Å². The van der Waals surface area contributed by atoms with Crippen molar-refractivity contribution in [1.29, 1.82) is 5.26 Å². The fourth-order valence-electron chi connectivity index (χ4n) is 0.923. The molecule has 0 unspecified atom stereocenters. The minimum absolute atomic E-state index is 0.309. The molecule has 0 N–H and O–H groups in total. The summed E-state index contributed by atoms with van der Waals surface area (Å²) in [5.41, 5.74) is -1.95. The molecule has 78 valence electrons. The van der Waals surface area contributed by atoms with Crippen LogP contribution < -0.4 is 0 Å². The minimum atomic E-state index is -3.05. The fourth-order valence-corrected chi connectivity index (χ4v) is 1.49. The van der Waals surface area contributed by atoms with Gasteiger partial charge in [0.05, 0.1) is 9.40 Å². The standard InChI is InChI=1S/C7H2BrF2N3O2/c8-6-3(1-11)12-2-4(13(14)15)5(6)7(9)10/h2,7H. The molecule has 0 bridgehead atoms. The number of nitriles is 1. The number of nitro groups is 1. The lowest BCUT2D eigenvalue weighted by Gasteiger charge is -2.04. The zero-order chi connectivity index (χ0) is 11.6. The second-order valence-corrected chi connectivity index (χ2v) is 3.18. The molecule has 1 rings (SSSR count). The van der Waals surface area contributed by atoms with Gasteiger partial charge < -0.3 is 0 Å². The van der Waals surface area contributed by atoms with Gasteiger partial charge >= 0.3 is 0 Å². The van der Waals surface area contributed by atoms with Crippen molar-refractivity contribution >= 4 is 21.6 Å². The van der Waals surface area contributed by atoms with Gasteiger partial charge in [0.1, 0.15) is 17.8 Å². The molecule has 8 heteroatoms. The summed E-state index contributed by atoms with van der Waals surface area (Å²) < 4.78 is 24.6. The zero-order valence-electron chi connectivity index (χ0n) is 6.95. The second-order valence-electron chi connectivity index (χ2n) is 2.39. The molecular weight excluding hydrogens is 276 g/mol. The molecule has 0 aliphatic rings. The van der Waals surface area contributed by atoms with Crippen LogP contribution >= 0.6 is 15.9 Å². The van der Waals surface area contributed by atoms with Crippen LogP contribution in [-0.4, -0.2) is 9.91 Å². The monoisotopic (exact) mass is 277 g/mol. The smallest absolute Gasteiger partial charge is 0.258 e. The van der Waals surface area contributed by atoms with Crippen LogP contribution in [0.3, 0.4) is 0 Å². The number of pyridine rings is 1. The maximum Gasteiger partial charge on any atom is 0.297 e. The lowest BCUT2D eigenvalue weighted by Crippen LogP contribution is -2.00. The summed E-state index contributed by atoms with van der Waals surface area (Å²) in [4.78, 5) is 12.8. The number of nitrogens with zero attached hydrogens (tertiary/aromatic N) is 3. The summed E-state index contributed by atoms with van der Waals surface area (Å²) in [5, 5.41) is 18.9. The predicted octanol–water partition coefficient (Wildman–Crippen LogP) is 2.56. The van der Waals surface area contributed by atoms with Gasteiger partial charge in [-0.3, -0.25) is 10.1 Å². The first kappa shape index (κ1) is 11.5. The van der Waals surface area contributed by atoms with E-state index < -0.39 is 22.6 Å². The molecular formula is C7H2BrF2N3O2. The van der Waals surface area contributed by atoms with E-state index in [0.29, 0.717) is 6.20 Å². The molecule has 0 radical (unpaired) electrons. The first-order valence-electron chi connectivity index (χ1n) is 3.50. The van der Waals surface area contributed by atoms with Gasteiger partial charge in [0.2, 0.25) is 0 Å². The van der Waals surface area contributed by atoms with Crippen molar-refractivity contribution in [2.75, 3.05) is 0 Å². The summed E-state index contributed by atoms with van der Waals surface area (Å²) in [6, 6.07) is 1.54. The Kier molecular flexibility index (Phi) is 3.26. The molecule has 0 aliphatic heterocycles. The maximum atomic E-state index is 12.5. The predicted molar refractivity (Wildman–Crippen MR) is 48.3 cm³/mol. The van der Waals surface area contributed by atoms with E-state index in [1.54, 1.807) is 6.07 Å². The van der Waals surface area contributed by atoms with Gasteiger partial charge in [-0.15, -0.1) is 0 Å². The molecule has 15 heavy (non-hydrogen) atoms. The summed E-state index contributed by atoms with van der Waals surface area (Å²) in [6.45, 7) is 0. The maximum absolute atomic E-state index is 12.5. The Balaban J connectivity index is 3.53. The van der Waals surface area contributed by atoms with Gasteiger partial charge in [0, 0.05) is 0 Å². The lowest BCUT2D eigenvalue weighted by atomic mass is 10.2. The quantitative estimate of drug-likeness (QED) is 0.615. The molecule has 0 spiro atoms. The SMILES string of the molecule is N#Cc1ncc([N+](=O)[O-])c(C(F)F)c1Br. The molecule has 5 nitrogen and oxygen atoms in total. The van der Waals surface area contributed by atoms with Gasteiger partial charge in [0.15, 0.2) is 5.69 Å². The van der Waals surface area contributed by atoms with Crippen molar-refractivity contribution in [3.05, 3.63) is 32.0 Å². The molecule has 1 aromatic heterocycles. The van der Waals surface area contributed by atoms with Crippen LogP contribution in [0.2, 0.25) is 0 Å². The molecule has 1 aromatic rings. The first-order chi connectivity index (χ1) is 6.99. The molecule has 0 aromatic carbocycles. The molecule has 0 aliphatic carbocycles. The van der Waals surface area contributed by atoms with Gasteiger partial charge in [-0.05, 0) is 15.9 Å². The third kappa shape index (κ3) is 2.07. The largest absolute Gasteiger partial charge is 0.297 e. The van der Waals surface area contributed by atoms with Crippen LogP contribution in [0.1, 0.15) is 17.7 Å². The van der Waals surface area contributed by atoms with Crippen LogP contribution in [0.25, 0.3) is 0 Å². The number of alkyl halides is 2. The van der Waals surface area contributed by atoms with E-state index in [4.69, 9.17) is 5.26 Å². The highest BCUT2D eigenvalue weighted by molar-refractivity contribution is 9.10. The van der Waals surface area contributed by atoms with Crippen LogP contribution in [0.15, 0.2) is 10.7 Å². The summed E-state index contributed by atoms with van der Waals surface area (Å²) in [5.74, 6) is 0. The number of hydrogen-bond acceptors (Lipinski definition) is 4. The normalized spacial score (nSPS) is 10.1. The average molecular weight is 278 g/mol. The average Bonchev–Trinajstić information content (AvgIpc) is 2.16. The van der Waals surface area contributed by atoms with E-state index in [0.717, 1.165) is 0 Å². The van der Waals surface area contributed by atoms with Crippen molar-refractivity contribution in [3.63, 3.8) is 0 Å². The third-order valence-electron chi connectivity index (χ3n) is 1.56. The lowest BCUT2D eigenvalue weighted by molar-refractivity contribution is -0.386. The van der Waals surface area contributed by atoms with Crippen molar-refractivity contribution in [2.45, 2.75) is 6.43 Å². The fraction of sp³-hybridized carbons (Fsp3) is 0.143. The van der Waals surface area contributed by atoms with Crippen molar-refractivity contribution in [2.24, 2.45) is 0 Å². The van der Waals surface area contributed by atoms with E-state index in [1.807, 2.05) is 0 Å². The number of halogens is 3. The van der Waals surface area contributed by atoms with Gasteiger partial charge in [-0.25, -0.2) is 13.8 Å². The molecule has 1 heterocycles. The Morgan fingerprint density at radius 2 is 2.27 bits per heavy atom. The van der Waals surface area contributed by atoms with Gasteiger partial charge in [-0.1, -0.05) is 0 Å². The van der Waals surface area contributed by atoms with Crippen LogP contribution in [0, 0.1) is 21.4 Å². The molecule has 0 saturated carbocycles. The Labute approximate surface area is 90.6 Å². The highest BCUT2D eigenvalue weighted by atomic mass is 79.9. The van der Waals surface area contributed by atoms with Gasteiger partial charge in [0.25, 0.3) is 12.1 Å². The first-order valence-corrected chi connectivity index (χ1v) is 4.29.